The van der Waals surface area contributed by atoms with Crippen LogP contribution in [0, 0.1) is 6.92 Å². The van der Waals surface area contributed by atoms with Crippen molar-refractivity contribution in [2.75, 3.05) is 0 Å². The van der Waals surface area contributed by atoms with Gasteiger partial charge in [0.2, 0.25) is 5.75 Å². The number of halogens is 6. The molecular weight excluding hydrogens is 256 g/mol. The minimum atomic E-state index is -5.37. The van der Waals surface area contributed by atoms with Crippen molar-refractivity contribution < 1.29 is 31.1 Å². The van der Waals surface area contributed by atoms with Gasteiger partial charge in [0.1, 0.15) is 5.56 Å². The molecule has 0 saturated heterocycles. The molecule has 0 aliphatic heterocycles. The van der Waals surface area contributed by atoms with E-state index in [9.17, 15) is 31.1 Å². The van der Waals surface area contributed by atoms with Gasteiger partial charge in [-0.3, -0.25) is 4.79 Å². The van der Waals surface area contributed by atoms with Gasteiger partial charge in [0.25, 0.3) is 5.56 Å². The van der Waals surface area contributed by atoms with E-state index < -0.39 is 29.4 Å². The Bertz CT molecular complexity index is 472. The molecule has 0 aromatic carbocycles. The molecule has 1 N–H and O–H groups in total. The average molecular weight is 261 g/mol. The molecule has 0 saturated carbocycles. The fraction of sp³-hybridized carbons (Fsp3) is 0.375. The smallest absolute Gasteiger partial charge is 0.399 e. The van der Waals surface area contributed by atoms with Crippen molar-refractivity contribution in [3.63, 3.8) is 0 Å². The van der Waals surface area contributed by atoms with Gasteiger partial charge in [-0.2, -0.15) is 13.2 Å². The lowest BCUT2D eigenvalue weighted by Gasteiger charge is -2.14. The predicted molar refractivity (Wildman–Crippen MR) is 43.5 cm³/mol. The lowest BCUT2D eigenvalue weighted by molar-refractivity contribution is -0.276. The summed E-state index contributed by atoms with van der Waals surface area (Å²) in [5.41, 5.74) is -3.58. The van der Waals surface area contributed by atoms with Crippen molar-refractivity contribution in [3.8, 4) is 5.75 Å². The number of nitrogens with one attached hydrogen (secondary N) is 1. The number of aromatic amines is 1. The second-order valence-electron chi connectivity index (χ2n) is 3.07. The molecule has 1 aromatic rings. The topological polar surface area (TPSA) is 42.1 Å². The third kappa shape index (κ3) is 3.40. The molecule has 0 fully saturated rings. The van der Waals surface area contributed by atoms with E-state index in [0.717, 1.165) is 6.92 Å². The maximum Gasteiger partial charge on any atom is 0.573 e. The number of aryl methyl sites for hydroxylation is 1. The number of H-pyrrole nitrogens is 1. The minimum absolute atomic E-state index is 0.225. The number of ether oxygens (including phenoxy) is 1. The van der Waals surface area contributed by atoms with E-state index in [2.05, 4.69) is 4.74 Å². The molecule has 17 heavy (non-hydrogen) atoms. The highest BCUT2D eigenvalue weighted by Crippen LogP contribution is 2.36. The van der Waals surface area contributed by atoms with E-state index in [4.69, 9.17) is 0 Å². The zero-order valence-electron chi connectivity index (χ0n) is 8.16. The lowest BCUT2D eigenvalue weighted by atomic mass is 10.2. The van der Waals surface area contributed by atoms with Gasteiger partial charge in [-0.15, -0.1) is 13.2 Å². The molecule has 1 aromatic heterocycles. The normalized spacial score (nSPS) is 12.6. The minimum Gasteiger partial charge on any atom is -0.399 e. The first-order valence-electron chi connectivity index (χ1n) is 4.07. The van der Waals surface area contributed by atoms with Crippen LogP contribution in [0.3, 0.4) is 0 Å². The molecule has 0 spiro atoms. The number of rotatable bonds is 1. The number of aromatic nitrogens is 1. The van der Waals surface area contributed by atoms with E-state index in [-0.39, 0.29) is 5.69 Å². The van der Waals surface area contributed by atoms with Crippen LogP contribution in [-0.2, 0) is 6.18 Å². The number of hydrogen-bond acceptors (Lipinski definition) is 2. The van der Waals surface area contributed by atoms with E-state index in [1.54, 1.807) is 4.98 Å². The monoisotopic (exact) mass is 261 g/mol. The maximum absolute atomic E-state index is 12.4. The molecule has 1 heterocycles. The third-order valence-electron chi connectivity index (χ3n) is 1.65. The van der Waals surface area contributed by atoms with Gasteiger partial charge in [0.05, 0.1) is 0 Å². The van der Waals surface area contributed by atoms with Crippen LogP contribution in [0.4, 0.5) is 26.3 Å². The fourth-order valence-corrected chi connectivity index (χ4v) is 1.10. The van der Waals surface area contributed by atoms with E-state index in [0.29, 0.717) is 6.07 Å². The Morgan fingerprint density at radius 1 is 1.18 bits per heavy atom. The second-order valence-corrected chi connectivity index (χ2v) is 3.07. The number of alkyl halides is 6. The summed E-state index contributed by atoms with van der Waals surface area (Å²) in [5, 5.41) is 0. The van der Waals surface area contributed by atoms with Gasteiger partial charge in [-0.05, 0) is 13.0 Å². The SMILES string of the molecule is Cc1cc(C(F)(F)F)c(OC(F)(F)F)c(=O)[nH]1. The Morgan fingerprint density at radius 3 is 2.12 bits per heavy atom. The lowest BCUT2D eigenvalue weighted by Crippen LogP contribution is -2.26. The summed E-state index contributed by atoms with van der Waals surface area (Å²) in [7, 11) is 0. The largest absolute Gasteiger partial charge is 0.573 e. The summed E-state index contributed by atoms with van der Waals surface area (Å²) in [6, 6.07) is 0.364. The third-order valence-corrected chi connectivity index (χ3v) is 1.65. The molecule has 1 rings (SSSR count). The van der Waals surface area contributed by atoms with E-state index in [1.165, 1.54) is 0 Å². The van der Waals surface area contributed by atoms with Gasteiger partial charge in [0, 0.05) is 5.69 Å². The highest BCUT2D eigenvalue weighted by molar-refractivity contribution is 5.34. The Kier molecular flexibility index (Phi) is 3.13. The Balaban J connectivity index is 3.42. The first-order chi connectivity index (χ1) is 7.50. The van der Waals surface area contributed by atoms with Crippen molar-refractivity contribution in [1.82, 2.24) is 4.98 Å². The molecule has 3 nitrogen and oxygen atoms in total. The summed E-state index contributed by atoms with van der Waals surface area (Å²) in [5.74, 6) is -1.81. The highest BCUT2D eigenvalue weighted by Gasteiger charge is 2.41. The number of pyridine rings is 1. The Labute approximate surface area is 90.0 Å². The quantitative estimate of drug-likeness (QED) is 0.789. The molecule has 0 amide bonds. The maximum atomic E-state index is 12.4. The number of hydrogen-bond donors (Lipinski definition) is 1. The molecule has 0 atom stereocenters. The van der Waals surface area contributed by atoms with Crippen LogP contribution in [0.5, 0.6) is 5.75 Å². The summed E-state index contributed by atoms with van der Waals surface area (Å²) >= 11 is 0. The van der Waals surface area contributed by atoms with Crippen molar-refractivity contribution in [2.24, 2.45) is 0 Å². The second kappa shape index (κ2) is 3.97. The van der Waals surface area contributed by atoms with Crippen molar-refractivity contribution in [1.29, 1.82) is 0 Å². The van der Waals surface area contributed by atoms with Gasteiger partial charge in [-0.1, -0.05) is 0 Å². The van der Waals surface area contributed by atoms with Crippen molar-refractivity contribution >= 4 is 0 Å². The molecule has 0 aliphatic rings. The molecular formula is C8H5F6NO2. The Morgan fingerprint density at radius 2 is 1.71 bits per heavy atom. The molecule has 0 unspecified atom stereocenters. The van der Waals surface area contributed by atoms with Gasteiger partial charge >= 0.3 is 12.5 Å². The van der Waals surface area contributed by atoms with Gasteiger partial charge < -0.3 is 9.72 Å². The Hall–Kier alpha value is -1.67. The highest BCUT2D eigenvalue weighted by atomic mass is 19.4. The van der Waals surface area contributed by atoms with Crippen LogP contribution in [0.1, 0.15) is 11.3 Å². The zero-order valence-corrected chi connectivity index (χ0v) is 8.16. The van der Waals surface area contributed by atoms with Crippen molar-refractivity contribution in [3.05, 3.63) is 27.7 Å². The summed E-state index contributed by atoms with van der Waals surface area (Å²) < 4.78 is 75.8. The molecule has 96 valence electrons. The van der Waals surface area contributed by atoms with E-state index >= 15 is 0 Å². The summed E-state index contributed by atoms with van der Waals surface area (Å²) in [6.45, 7) is 1.11. The van der Waals surface area contributed by atoms with Crippen LogP contribution in [0.25, 0.3) is 0 Å². The predicted octanol–water partition coefficient (Wildman–Crippen LogP) is 2.60. The molecule has 0 aliphatic carbocycles. The summed E-state index contributed by atoms with van der Waals surface area (Å²) in [4.78, 5) is 12.8. The first kappa shape index (κ1) is 13.4. The van der Waals surface area contributed by atoms with Crippen LogP contribution in [0.2, 0.25) is 0 Å². The zero-order chi connectivity index (χ0) is 13.4. The average Bonchev–Trinajstić information content (AvgIpc) is 2.05. The molecule has 9 heteroatoms. The van der Waals surface area contributed by atoms with Crippen LogP contribution in [-0.4, -0.2) is 11.3 Å². The first-order valence-corrected chi connectivity index (χ1v) is 4.07. The van der Waals surface area contributed by atoms with E-state index in [1.807, 2.05) is 0 Å². The van der Waals surface area contributed by atoms with Gasteiger partial charge in [0.15, 0.2) is 0 Å². The van der Waals surface area contributed by atoms with Gasteiger partial charge in [-0.25, -0.2) is 0 Å². The molecule has 0 bridgehead atoms. The van der Waals surface area contributed by atoms with Crippen LogP contribution < -0.4 is 10.3 Å². The standard InChI is InChI=1S/C8H5F6NO2/c1-3-2-4(7(9,10)11)5(6(16)15-3)17-8(12,13)14/h2H,1H3,(H,15,16). The fourth-order valence-electron chi connectivity index (χ4n) is 1.10. The molecule has 0 radical (unpaired) electrons. The summed E-state index contributed by atoms with van der Waals surface area (Å²) in [6.07, 6.45) is -10.5. The van der Waals surface area contributed by atoms with Crippen LogP contribution >= 0.6 is 0 Å². The van der Waals surface area contributed by atoms with Crippen LogP contribution in [0.15, 0.2) is 10.9 Å². The van der Waals surface area contributed by atoms with Crippen molar-refractivity contribution in [2.45, 2.75) is 19.5 Å².